The molecule has 2 aromatic rings. The quantitative estimate of drug-likeness (QED) is 0.135. The van der Waals surface area contributed by atoms with Crippen LogP contribution < -0.4 is 74.8 Å². The molecule has 5 rings (SSSR count). The van der Waals surface area contributed by atoms with E-state index in [0.29, 0.717) is 10.4 Å². The molecule has 0 bridgehead atoms. The van der Waals surface area contributed by atoms with Crippen LogP contribution in [0.15, 0.2) is 39.8 Å². The second-order valence-electron chi connectivity index (χ2n) is 9.37. The number of carbonyl (C=O) groups excluding carboxylic acids is 3. The number of carboxylic acids is 1. The van der Waals surface area contributed by atoms with Gasteiger partial charge < -0.3 is 29.2 Å². The third-order valence-corrected chi connectivity index (χ3v) is 8.26. The van der Waals surface area contributed by atoms with Crippen LogP contribution in [0.4, 0.5) is 4.39 Å². The van der Waals surface area contributed by atoms with Gasteiger partial charge >= 0.3 is 65.1 Å². The van der Waals surface area contributed by atoms with Crippen molar-refractivity contribution in [3.63, 3.8) is 0 Å². The van der Waals surface area contributed by atoms with Crippen molar-refractivity contribution in [2.75, 3.05) is 12.4 Å². The fraction of sp³-hybridized carbons (Fsp3) is 0.440. The van der Waals surface area contributed by atoms with Gasteiger partial charge in [0.25, 0.3) is 0 Å². The second kappa shape index (κ2) is 12.1. The first kappa shape index (κ1) is 31.3. The molecule has 13 heteroatoms. The van der Waals surface area contributed by atoms with Gasteiger partial charge in [-0.15, -0.1) is 17.9 Å². The van der Waals surface area contributed by atoms with E-state index in [1.807, 2.05) is 0 Å². The molecule has 190 valence electrons. The summed E-state index contributed by atoms with van der Waals surface area (Å²) in [5.74, 6) is -4.46. The van der Waals surface area contributed by atoms with Crippen molar-refractivity contribution >= 4 is 40.5 Å². The fourth-order valence-corrected chi connectivity index (χ4v) is 6.29. The molecule has 3 aliphatic rings. The van der Waals surface area contributed by atoms with Gasteiger partial charge in [0.2, 0.25) is 11.3 Å². The average Bonchev–Trinajstić information content (AvgIpc) is 3.62. The normalized spacial score (nSPS) is 22.8. The number of ether oxygens (including phenoxy) is 1. The number of hydrogen-bond acceptors (Lipinski definition) is 8. The number of nitrogens with zero attached hydrogens (tertiary/aromatic N) is 2. The van der Waals surface area contributed by atoms with Crippen LogP contribution in [-0.4, -0.2) is 51.8 Å². The Morgan fingerprint density at radius 3 is 2.53 bits per heavy atom. The van der Waals surface area contributed by atoms with Gasteiger partial charge in [0.1, 0.15) is 18.0 Å². The van der Waals surface area contributed by atoms with Crippen LogP contribution in [0.1, 0.15) is 43.1 Å². The maximum absolute atomic E-state index is 13.8. The third-order valence-electron chi connectivity index (χ3n) is 7.02. The molecule has 1 saturated heterocycles. The Morgan fingerprint density at radius 2 is 1.92 bits per heavy atom. The molecule has 1 aliphatic carbocycles. The first-order valence-electron chi connectivity index (χ1n) is 11.7. The minimum absolute atomic E-state index is 0. The van der Waals surface area contributed by atoms with E-state index in [0.717, 1.165) is 35.6 Å². The number of pyridine rings is 1. The second-order valence-corrected chi connectivity index (χ2v) is 10.5. The molecule has 3 heterocycles. The minimum atomic E-state index is -1.50. The Kier molecular flexibility index (Phi) is 10.0. The van der Waals surface area contributed by atoms with Crippen LogP contribution in [0.25, 0.3) is 10.9 Å². The van der Waals surface area contributed by atoms with Gasteiger partial charge in [-0.3, -0.25) is 9.59 Å². The van der Waals surface area contributed by atoms with Crippen molar-refractivity contribution in [1.29, 1.82) is 0 Å². The van der Waals surface area contributed by atoms with E-state index >= 15 is 0 Å². The van der Waals surface area contributed by atoms with Crippen molar-refractivity contribution in [3.8, 4) is 0 Å². The number of rotatable bonds is 8. The van der Waals surface area contributed by atoms with Crippen molar-refractivity contribution in [1.82, 2.24) is 9.47 Å². The molecule has 1 amide bonds. The van der Waals surface area contributed by atoms with Crippen LogP contribution in [0.3, 0.4) is 0 Å². The smallest absolute Gasteiger partial charge is 0.852 e. The number of fused-ring (bicyclic) bond motifs is 2. The number of aromatic nitrogens is 1. The van der Waals surface area contributed by atoms with Gasteiger partial charge in [-0.2, -0.15) is 0 Å². The molecule has 1 aromatic heterocycles. The van der Waals surface area contributed by atoms with Crippen molar-refractivity contribution in [2.24, 2.45) is 11.8 Å². The van der Waals surface area contributed by atoms with E-state index < -0.39 is 47.2 Å². The third kappa shape index (κ3) is 5.41. The van der Waals surface area contributed by atoms with Crippen LogP contribution >= 0.6 is 11.8 Å². The summed E-state index contributed by atoms with van der Waals surface area (Å²) in [7, 11) is 0. The summed E-state index contributed by atoms with van der Waals surface area (Å²) >= 11 is 1.11. The SMILES string of the molecule is C[C@@H]([O-])[C@H]1C(=O)N2C(C(=O)[O-])=C(SCCOC(=O)c3cn(C4CC4)c4ccc(F)cc4c3=O)[C@H](C)[C@H]12.[Na+].[Na+]. The van der Waals surface area contributed by atoms with Gasteiger partial charge in [-0.05, 0) is 31.0 Å². The topological polar surface area (TPSA) is 132 Å². The Hall–Kier alpha value is -1.18. The number of carbonyl (C=O) groups is 3. The van der Waals surface area contributed by atoms with E-state index in [1.54, 1.807) is 11.5 Å². The number of carboxylic acid groups (broad SMARTS) is 1. The predicted molar refractivity (Wildman–Crippen MR) is 124 cm³/mol. The monoisotopic (exact) mass is 560 g/mol. The molecule has 38 heavy (non-hydrogen) atoms. The molecule has 0 spiro atoms. The molecule has 4 atom stereocenters. The fourth-order valence-electron chi connectivity index (χ4n) is 5.18. The molecule has 2 aliphatic heterocycles. The number of aliphatic carboxylic acids is 1. The Morgan fingerprint density at radius 1 is 1.24 bits per heavy atom. The molecule has 1 saturated carbocycles. The first-order chi connectivity index (χ1) is 17.1. The van der Waals surface area contributed by atoms with Crippen molar-refractivity contribution in [2.45, 2.75) is 44.9 Å². The standard InChI is InChI=1S/C25H24FN2O7S.2Na/c1-11-19-18(12(2)29)23(31)28(19)20(24(32)33)22(11)36-8-7-35-25(34)16-10-27(14-4-5-14)17-6-3-13(26)9-15(17)21(16)30;;/h3,6,9-12,14,18-19H,4-5,7-8H2,1-2H3,(H,32,33);;/q-1;2*+1/p-1/t11-,12-,18-,19-;;/m1../s1. The molecule has 9 nitrogen and oxygen atoms in total. The Balaban J connectivity index is 0.00000200. The zero-order valence-corrected chi connectivity index (χ0v) is 26.4. The summed E-state index contributed by atoms with van der Waals surface area (Å²) < 4.78 is 20.9. The maximum Gasteiger partial charge on any atom is 1.00 e. The molecule has 0 unspecified atom stereocenters. The van der Waals surface area contributed by atoms with Gasteiger partial charge in [-0.25, -0.2) is 9.18 Å². The van der Waals surface area contributed by atoms with Crippen LogP contribution in [0.2, 0.25) is 0 Å². The van der Waals surface area contributed by atoms with Crippen LogP contribution in [0, 0.1) is 17.7 Å². The molecule has 0 radical (unpaired) electrons. The number of hydrogen-bond donors (Lipinski definition) is 0. The van der Waals surface area contributed by atoms with E-state index in [2.05, 4.69) is 0 Å². The van der Waals surface area contributed by atoms with Crippen LogP contribution in [-0.2, 0) is 14.3 Å². The van der Waals surface area contributed by atoms with E-state index in [9.17, 15) is 33.8 Å². The Labute approximate surface area is 266 Å². The predicted octanol–water partition coefficient (Wildman–Crippen LogP) is -5.44. The van der Waals surface area contributed by atoms with E-state index in [-0.39, 0.29) is 100 Å². The summed E-state index contributed by atoms with van der Waals surface area (Å²) in [6.07, 6.45) is 2.07. The summed E-state index contributed by atoms with van der Waals surface area (Å²) in [5, 5.41) is 23.8. The van der Waals surface area contributed by atoms with E-state index in [4.69, 9.17) is 4.74 Å². The average molecular weight is 561 g/mol. The Bertz CT molecular complexity index is 1390. The molecular formula is C25H23FN2Na2O7S. The number of halogens is 1. The molecule has 2 fully saturated rings. The van der Waals surface area contributed by atoms with Gasteiger partial charge in [0.15, 0.2) is 0 Å². The first-order valence-corrected chi connectivity index (χ1v) is 12.7. The number of benzene rings is 1. The number of amides is 1. The summed E-state index contributed by atoms with van der Waals surface area (Å²) in [6.45, 7) is 3.00. The van der Waals surface area contributed by atoms with Gasteiger partial charge in [-0.1, -0.05) is 13.8 Å². The summed E-state index contributed by atoms with van der Waals surface area (Å²) in [4.78, 5) is 51.3. The maximum atomic E-state index is 13.8. The number of β-lactam (4-membered cyclic amide) rings is 1. The number of esters is 1. The zero-order chi connectivity index (χ0) is 25.9. The van der Waals surface area contributed by atoms with E-state index in [1.165, 1.54) is 25.3 Å². The molecular weight excluding hydrogens is 537 g/mol. The summed E-state index contributed by atoms with van der Waals surface area (Å²) in [6, 6.07) is 3.51. The summed E-state index contributed by atoms with van der Waals surface area (Å²) in [5.41, 5.74) is -0.505. The number of thioether (sulfide) groups is 1. The zero-order valence-electron chi connectivity index (χ0n) is 21.6. The van der Waals surface area contributed by atoms with Crippen LogP contribution in [0.5, 0.6) is 0 Å². The largest absolute Gasteiger partial charge is 1.00 e. The van der Waals surface area contributed by atoms with Crippen molar-refractivity contribution < 1.29 is 92.8 Å². The van der Waals surface area contributed by atoms with Crippen molar-refractivity contribution in [3.05, 3.63) is 56.6 Å². The minimum Gasteiger partial charge on any atom is -0.852 e. The molecule has 0 N–H and O–H groups in total. The van der Waals surface area contributed by atoms with Gasteiger partial charge in [0, 0.05) is 40.1 Å². The van der Waals surface area contributed by atoms with Gasteiger partial charge in [0.05, 0.1) is 23.2 Å². The molecule has 1 aromatic carbocycles.